The van der Waals surface area contributed by atoms with Crippen LogP contribution >= 0.6 is 0 Å². The predicted molar refractivity (Wildman–Crippen MR) is 66.0 cm³/mol. The van der Waals surface area contributed by atoms with E-state index in [0.717, 1.165) is 12.0 Å². The summed E-state index contributed by atoms with van der Waals surface area (Å²) < 4.78 is 0. The molecular formula is C12H15N3O3. The van der Waals surface area contributed by atoms with E-state index < -0.39 is 0 Å². The molecular weight excluding hydrogens is 234 g/mol. The van der Waals surface area contributed by atoms with Crippen molar-refractivity contribution in [3.8, 4) is 12.0 Å². The molecule has 1 aromatic rings. The fourth-order valence-electron chi connectivity index (χ4n) is 1.10. The molecule has 0 atom stereocenters. The van der Waals surface area contributed by atoms with E-state index in [1.807, 2.05) is 6.92 Å². The van der Waals surface area contributed by atoms with E-state index in [2.05, 4.69) is 27.6 Å². The van der Waals surface area contributed by atoms with Crippen LogP contribution in [-0.4, -0.2) is 11.0 Å². The molecule has 6 heteroatoms. The lowest BCUT2D eigenvalue weighted by molar-refractivity contribution is -0.333. The molecule has 0 fully saturated rings. The van der Waals surface area contributed by atoms with Gasteiger partial charge in [-0.05, 0) is 5.56 Å². The van der Waals surface area contributed by atoms with Gasteiger partial charge in [-0.25, -0.2) is 4.89 Å². The Morgan fingerprint density at radius 2 is 2.17 bits per heavy atom. The third-order valence-corrected chi connectivity index (χ3v) is 2.00. The van der Waals surface area contributed by atoms with Gasteiger partial charge < -0.3 is 10.9 Å². The number of hydrogen-bond donors (Lipinski definition) is 3. The minimum Gasteiger partial charge on any atom is -0.409 e. The van der Waals surface area contributed by atoms with Crippen LogP contribution in [0.15, 0.2) is 29.4 Å². The first-order chi connectivity index (χ1) is 8.77. The van der Waals surface area contributed by atoms with Crippen LogP contribution in [0.4, 0.5) is 0 Å². The number of nitrogens with two attached hydrogens (primary N) is 1. The Morgan fingerprint density at radius 1 is 1.44 bits per heavy atom. The summed E-state index contributed by atoms with van der Waals surface area (Å²) in [5, 5.41) is 11.4. The normalized spacial score (nSPS) is 10.6. The number of hydrogen-bond acceptors (Lipinski definition) is 5. The predicted octanol–water partition coefficient (Wildman–Crippen LogP) is 1.10. The first-order valence-electron chi connectivity index (χ1n) is 5.36. The molecule has 0 saturated heterocycles. The maximum absolute atomic E-state index is 8.50. The number of nitrogens with zero attached hydrogens (tertiary/aromatic N) is 1. The van der Waals surface area contributed by atoms with Crippen molar-refractivity contribution in [2.75, 3.05) is 0 Å². The van der Waals surface area contributed by atoms with E-state index in [4.69, 9.17) is 15.8 Å². The maximum atomic E-state index is 8.50. The van der Waals surface area contributed by atoms with Gasteiger partial charge >= 0.3 is 0 Å². The van der Waals surface area contributed by atoms with Gasteiger partial charge in [-0.1, -0.05) is 42.3 Å². The zero-order chi connectivity index (χ0) is 13.2. The van der Waals surface area contributed by atoms with Gasteiger partial charge in [0, 0.05) is 18.0 Å². The number of benzene rings is 1. The Kier molecular flexibility index (Phi) is 6.11. The van der Waals surface area contributed by atoms with Crippen molar-refractivity contribution >= 4 is 5.84 Å². The summed E-state index contributed by atoms with van der Waals surface area (Å²) >= 11 is 0. The first kappa shape index (κ1) is 13.8. The van der Waals surface area contributed by atoms with Gasteiger partial charge in [-0.2, -0.15) is 5.48 Å². The lowest BCUT2D eigenvalue weighted by Crippen LogP contribution is -2.13. The van der Waals surface area contributed by atoms with Gasteiger partial charge in [0.1, 0.15) is 6.61 Å². The van der Waals surface area contributed by atoms with Gasteiger partial charge in [0.05, 0.1) is 0 Å². The summed E-state index contributed by atoms with van der Waals surface area (Å²) in [5.74, 6) is 2.82. The SMILES string of the molecule is CCC#CNOOCc1ccc(/C(N)=N\O)cc1. The third kappa shape index (κ3) is 4.74. The third-order valence-electron chi connectivity index (χ3n) is 2.00. The van der Waals surface area contributed by atoms with Crippen molar-refractivity contribution in [2.24, 2.45) is 10.9 Å². The summed E-state index contributed by atoms with van der Waals surface area (Å²) in [6, 6.07) is 9.56. The lowest BCUT2D eigenvalue weighted by atomic mass is 10.1. The van der Waals surface area contributed by atoms with Crippen LogP contribution in [0.5, 0.6) is 0 Å². The molecule has 0 aliphatic rings. The highest BCUT2D eigenvalue weighted by atomic mass is 17.3. The van der Waals surface area contributed by atoms with Gasteiger partial charge in [0.25, 0.3) is 0 Å². The summed E-state index contributed by atoms with van der Waals surface area (Å²) in [6.45, 7) is 2.19. The highest BCUT2D eigenvalue weighted by Crippen LogP contribution is 2.05. The summed E-state index contributed by atoms with van der Waals surface area (Å²) in [4.78, 5) is 9.49. The maximum Gasteiger partial charge on any atom is 0.170 e. The van der Waals surface area contributed by atoms with Crippen molar-refractivity contribution in [2.45, 2.75) is 20.0 Å². The molecule has 0 heterocycles. The molecule has 96 valence electrons. The monoisotopic (exact) mass is 249 g/mol. The van der Waals surface area contributed by atoms with Gasteiger partial charge in [0.15, 0.2) is 5.84 Å². The highest BCUT2D eigenvalue weighted by molar-refractivity contribution is 5.96. The Hall–Kier alpha value is -2.23. The number of amidine groups is 1. The second kappa shape index (κ2) is 7.95. The molecule has 0 aliphatic carbocycles. The van der Waals surface area contributed by atoms with Gasteiger partial charge in [-0.15, -0.1) is 4.99 Å². The molecule has 0 unspecified atom stereocenters. The largest absolute Gasteiger partial charge is 0.409 e. The molecule has 4 N–H and O–H groups in total. The van der Waals surface area contributed by atoms with Crippen molar-refractivity contribution in [1.29, 1.82) is 0 Å². The lowest BCUT2D eigenvalue weighted by Gasteiger charge is -2.03. The molecule has 0 amide bonds. The standard InChI is InChI=1S/C12H15N3O3/c1-2-3-8-14-18-17-9-10-4-6-11(7-5-10)12(13)15-16/h4-7,14,16H,2,9H2,1H3,(H2,13,15). The number of hydroxylamine groups is 1. The Morgan fingerprint density at radius 3 is 2.78 bits per heavy atom. The number of oxime groups is 1. The van der Waals surface area contributed by atoms with Crippen LogP contribution in [-0.2, 0) is 16.5 Å². The first-order valence-corrected chi connectivity index (χ1v) is 5.36. The van der Waals surface area contributed by atoms with Crippen molar-refractivity contribution in [3.63, 3.8) is 0 Å². The minimum absolute atomic E-state index is 0.0650. The Bertz CT molecular complexity index is 446. The van der Waals surface area contributed by atoms with Crippen molar-refractivity contribution in [1.82, 2.24) is 5.48 Å². The Labute approximate surface area is 105 Å². The smallest absolute Gasteiger partial charge is 0.170 e. The van der Waals surface area contributed by atoms with Crippen LogP contribution in [0.2, 0.25) is 0 Å². The van der Waals surface area contributed by atoms with Crippen molar-refractivity contribution in [3.05, 3.63) is 35.4 Å². The van der Waals surface area contributed by atoms with E-state index in [0.29, 0.717) is 5.56 Å². The molecule has 0 radical (unpaired) electrons. The average molecular weight is 249 g/mol. The van der Waals surface area contributed by atoms with E-state index >= 15 is 0 Å². The quantitative estimate of drug-likeness (QED) is 0.106. The second-order valence-corrected chi connectivity index (χ2v) is 3.29. The molecule has 0 saturated carbocycles. The highest BCUT2D eigenvalue weighted by Gasteiger charge is 1.99. The molecule has 1 rings (SSSR count). The summed E-state index contributed by atoms with van der Waals surface area (Å²) in [5.41, 5.74) is 9.29. The van der Waals surface area contributed by atoms with E-state index in [1.165, 1.54) is 0 Å². The van der Waals surface area contributed by atoms with E-state index in [1.54, 1.807) is 24.3 Å². The van der Waals surface area contributed by atoms with Crippen molar-refractivity contribution < 1.29 is 15.1 Å². The average Bonchev–Trinajstić information content (AvgIpc) is 2.42. The molecule has 0 aliphatic heterocycles. The van der Waals surface area contributed by atoms with Gasteiger partial charge in [-0.3, -0.25) is 0 Å². The second-order valence-electron chi connectivity index (χ2n) is 3.29. The molecule has 0 aromatic heterocycles. The van der Waals surface area contributed by atoms with Crippen LogP contribution in [0, 0.1) is 12.0 Å². The fourth-order valence-corrected chi connectivity index (χ4v) is 1.10. The summed E-state index contributed by atoms with van der Waals surface area (Å²) in [7, 11) is 0. The molecule has 18 heavy (non-hydrogen) atoms. The summed E-state index contributed by atoms with van der Waals surface area (Å²) in [6.07, 6.45) is 0.742. The molecule has 0 bridgehead atoms. The minimum atomic E-state index is 0.0650. The van der Waals surface area contributed by atoms with Crippen LogP contribution in [0.25, 0.3) is 0 Å². The zero-order valence-electron chi connectivity index (χ0n) is 10.0. The number of rotatable bonds is 5. The van der Waals surface area contributed by atoms with E-state index in [9.17, 15) is 0 Å². The topological polar surface area (TPSA) is 89.1 Å². The zero-order valence-corrected chi connectivity index (χ0v) is 10.0. The molecule has 0 spiro atoms. The molecule has 6 nitrogen and oxygen atoms in total. The van der Waals surface area contributed by atoms with Gasteiger partial charge in [0.2, 0.25) is 0 Å². The van der Waals surface area contributed by atoms with Crippen LogP contribution in [0.1, 0.15) is 24.5 Å². The molecule has 1 aromatic carbocycles. The van der Waals surface area contributed by atoms with Crippen LogP contribution < -0.4 is 11.2 Å². The number of nitrogens with one attached hydrogen (secondary N) is 1. The Balaban J connectivity index is 2.35. The van der Waals surface area contributed by atoms with Crippen LogP contribution in [0.3, 0.4) is 0 Å². The van der Waals surface area contributed by atoms with E-state index in [-0.39, 0.29) is 12.4 Å². The fraction of sp³-hybridized carbons (Fsp3) is 0.250.